The average Bonchev–Trinajstić information content (AvgIpc) is 3.45. The van der Waals surface area contributed by atoms with Gasteiger partial charge in [0.15, 0.2) is 5.13 Å². The van der Waals surface area contributed by atoms with E-state index in [2.05, 4.69) is 4.98 Å². The van der Waals surface area contributed by atoms with E-state index in [1.54, 1.807) is 4.90 Å². The molecule has 10 heteroatoms. The standard InChI is InChI=1S/C21H23F3N4O2S/c1-27(2)20-26-16(17(31-20)12-6-4-3-5-7-12)18(29)28-14-9-8-13(10-14)15(28)11-25-19(30)21(22,23)24/h3-7,13-15H,8-11H2,1-2H3,(H,25,30)/t13-,14?,15+/m0/s1. The average molecular weight is 453 g/mol. The van der Waals surface area contributed by atoms with Gasteiger partial charge in [0, 0.05) is 26.7 Å². The highest BCUT2D eigenvalue weighted by Crippen LogP contribution is 2.44. The third-order valence-electron chi connectivity index (χ3n) is 5.94. The van der Waals surface area contributed by atoms with Gasteiger partial charge in [0.2, 0.25) is 0 Å². The maximum absolute atomic E-state index is 13.6. The molecule has 6 nitrogen and oxygen atoms in total. The molecular formula is C21H23F3N4O2S. The molecular weight excluding hydrogens is 429 g/mol. The molecule has 3 atom stereocenters. The fraction of sp³-hybridized carbons (Fsp3) is 0.476. The normalized spacial score (nSPS) is 22.6. The van der Waals surface area contributed by atoms with E-state index in [0.29, 0.717) is 10.8 Å². The van der Waals surface area contributed by atoms with Crippen LogP contribution in [0.4, 0.5) is 18.3 Å². The number of rotatable bonds is 5. The van der Waals surface area contributed by atoms with Crippen molar-refractivity contribution in [2.45, 2.75) is 37.5 Å². The number of hydrogen-bond donors (Lipinski definition) is 1. The molecule has 1 saturated carbocycles. The maximum atomic E-state index is 13.6. The molecule has 1 aromatic carbocycles. The molecule has 1 aromatic heterocycles. The molecule has 2 bridgehead atoms. The molecule has 166 valence electrons. The van der Waals surface area contributed by atoms with Crippen LogP contribution in [-0.4, -0.2) is 60.6 Å². The quantitative estimate of drug-likeness (QED) is 0.754. The van der Waals surface area contributed by atoms with Gasteiger partial charge < -0.3 is 15.1 Å². The molecule has 1 aliphatic heterocycles. The molecule has 2 amide bonds. The Kier molecular flexibility index (Phi) is 5.67. The lowest BCUT2D eigenvalue weighted by molar-refractivity contribution is -0.173. The van der Waals surface area contributed by atoms with E-state index >= 15 is 0 Å². The molecule has 1 unspecified atom stereocenters. The van der Waals surface area contributed by atoms with Crippen LogP contribution in [0.15, 0.2) is 30.3 Å². The Balaban J connectivity index is 1.64. The highest BCUT2D eigenvalue weighted by molar-refractivity contribution is 7.19. The number of aromatic nitrogens is 1. The lowest BCUT2D eigenvalue weighted by atomic mass is 9.98. The van der Waals surface area contributed by atoms with Gasteiger partial charge >= 0.3 is 12.1 Å². The zero-order valence-corrected chi connectivity index (χ0v) is 18.0. The molecule has 2 heterocycles. The summed E-state index contributed by atoms with van der Waals surface area (Å²) in [5.74, 6) is -2.19. The molecule has 2 fully saturated rings. The van der Waals surface area contributed by atoms with Crippen LogP contribution in [0.3, 0.4) is 0 Å². The zero-order chi connectivity index (χ0) is 22.3. The van der Waals surface area contributed by atoms with Crippen molar-refractivity contribution in [3.8, 4) is 10.4 Å². The van der Waals surface area contributed by atoms with Crippen LogP contribution in [0.2, 0.25) is 0 Å². The van der Waals surface area contributed by atoms with E-state index in [1.165, 1.54) is 11.3 Å². The summed E-state index contributed by atoms with van der Waals surface area (Å²) in [4.78, 5) is 33.8. The summed E-state index contributed by atoms with van der Waals surface area (Å²) in [6.07, 6.45) is -2.55. The second kappa shape index (κ2) is 8.14. The predicted octanol–water partition coefficient (Wildman–Crippen LogP) is 3.55. The second-order valence-corrected chi connectivity index (χ2v) is 9.13. The second-order valence-electron chi connectivity index (χ2n) is 8.15. The first kappa shape index (κ1) is 21.6. The lowest BCUT2D eigenvalue weighted by Gasteiger charge is -2.35. The minimum Gasteiger partial charge on any atom is -0.354 e. The van der Waals surface area contributed by atoms with Crippen molar-refractivity contribution < 1.29 is 22.8 Å². The monoisotopic (exact) mass is 452 g/mol. The number of hydrogen-bond acceptors (Lipinski definition) is 5. The van der Waals surface area contributed by atoms with Crippen molar-refractivity contribution in [3.63, 3.8) is 0 Å². The van der Waals surface area contributed by atoms with Gasteiger partial charge in [-0.05, 0) is 30.7 Å². The Labute approximate surface area is 182 Å². The van der Waals surface area contributed by atoms with Gasteiger partial charge in [-0.25, -0.2) is 4.98 Å². The van der Waals surface area contributed by atoms with Gasteiger partial charge in [-0.15, -0.1) is 0 Å². The first-order valence-corrected chi connectivity index (χ1v) is 10.9. The van der Waals surface area contributed by atoms with Crippen molar-refractivity contribution in [2.24, 2.45) is 5.92 Å². The fourth-order valence-electron chi connectivity index (χ4n) is 4.52. The van der Waals surface area contributed by atoms with Crippen molar-refractivity contribution in [3.05, 3.63) is 36.0 Å². The van der Waals surface area contributed by atoms with E-state index in [0.717, 1.165) is 29.7 Å². The molecule has 1 aliphatic carbocycles. The highest BCUT2D eigenvalue weighted by Gasteiger charge is 2.49. The lowest BCUT2D eigenvalue weighted by Crippen LogP contribution is -2.52. The first-order valence-electron chi connectivity index (χ1n) is 10.1. The fourth-order valence-corrected chi connectivity index (χ4v) is 5.51. The molecule has 1 saturated heterocycles. The molecule has 31 heavy (non-hydrogen) atoms. The van der Waals surface area contributed by atoms with Crippen molar-refractivity contribution in [1.82, 2.24) is 15.2 Å². The number of anilines is 1. The third kappa shape index (κ3) is 4.13. The number of benzene rings is 1. The molecule has 4 rings (SSSR count). The van der Waals surface area contributed by atoms with Crippen LogP contribution in [-0.2, 0) is 4.79 Å². The Morgan fingerprint density at radius 1 is 1.23 bits per heavy atom. The minimum atomic E-state index is -4.94. The van der Waals surface area contributed by atoms with Gasteiger partial charge in [-0.3, -0.25) is 9.59 Å². The number of thiazole rings is 1. The van der Waals surface area contributed by atoms with E-state index in [4.69, 9.17) is 0 Å². The van der Waals surface area contributed by atoms with E-state index in [9.17, 15) is 22.8 Å². The van der Waals surface area contributed by atoms with E-state index in [-0.39, 0.29) is 24.4 Å². The minimum absolute atomic E-state index is 0.0431. The van der Waals surface area contributed by atoms with Gasteiger partial charge in [-0.1, -0.05) is 41.7 Å². The third-order valence-corrected chi connectivity index (χ3v) is 7.21. The molecule has 0 spiro atoms. The summed E-state index contributed by atoms with van der Waals surface area (Å²) in [6.45, 7) is -0.212. The highest BCUT2D eigenvalue weighted by atomic mass is 32.1. The van der Waals surface area contributed by atoms with Crippen molar-refractivity contribution in [1.29, 1.82) is 0 Å². The molecule has 0 radical (unpaired) electrons. The van der Waals surface area contributed by atoms with Gasteiger partial charge in [0.25, 0.3) is 5.91 Å². The summed E-state index contributed by atoms with van der Waals surface area (Å²) in [7, 11) is 3.68. The van der Waals surface area contributed by atoms with Gasteiger partial charge in [0.05, 0.1) is 10.9 Å². The summed E-state index contributed by atoms with van der Waals surface area (Å²) in [5, 5.41) is 2.65. The summed E-state index contributed by atoms with van der Waals surface area (Å²) >= 11 is 1.40. The van der Waals surface area contributed by atoms with Crippen molar-refractivity contribution in [2.75, 3.05) is 25.5 Å². The number of fused-ring (bicyclic) bond motifs is 2. The summed E-state index contributed by atoms with van der Waals surface area (Å²) in [6, 6.07) is 8.95. The number of carbonyl (C=O) groups is 2. The summed E-state index contributed by atoms with van der Waals surface area (Å²) in [5.41, 5.74) is 1.17. The van der Waals surface area contributed by atoms with Gasteiger partial charge in [0.1, 0.15) is 5.69 Å². The van der Waals surface area contributed by atoms with E-state index < -0.39 is 18.1 Å². The van der Waals surface area contributed by atoms with Crippen LogP contribution >= 0.6 is 11.3 Å². The van der Waals surface area contributed by atoms with E-state index in [1.807, 2.05) is 54.6 Å². The molecule has 2 aliphatic rings. The largest absolute Gasteiger partial charge is 0.471 e. The number of amides is 2. The van der Waals surface area contributed by atoms with Crippen molar-refractivity contribution >= 4 is 28.3 Å². The Hall–Kier alpha value is -2.62. The topological polar surface area (TPSA) is 65.5 Å². The number of alkyl halides is 3. The maximum Gasteiger partial charge on any atom is 0.471 e. The Bertz CT molecular complexity index is 977. The van der Waals surface area contributed by atoms with Crippen LogP contribution in [0.1, 0.15) is 29.8 Å². The summed E-state index contributed by atoms with van der Waals surface area (Å²) < 4.78 is 37.9. The Morgan fingerprint density at radius 2 is 1.94 bits per heavy atom. The number of nitrogens with zero attached hydrogens (tertiary/aromatic N) is 3. The first-order chi connectivity index (χ1) is 14.7. The van der Waals surface area contributed by atoms with Crippen LogP contribution in [0.5, 0.6) is 0 Å². The van der Waals surface area contributed by atoms with Crippen LogP contribution < -0.4 is 10.2 Å². The number of halogens is 3. The predicted molar refractivity (Wildman–Crippen MR) is 112 cm³/mol. The van der Waals surface area contributed by atoms with Crippen LogP contribution in [0, 0.1) is 5.92 Å². The smallest absolute Gasteiger partial charge is 0.354 e. The van der Waals surface area contributed by atoms with Crippen LogP contribution in [0.25, 0.3) is 10.4 Å². The zero-order valence-electron chi connectivity index (χ0n) is 17.1. The molecule has 1 N–H and O–H groups in total. The SMILES string of the molecule is CN(C)c1nc(C(=O)N2C3CC[C@@H](C3)[C@H]2CNC(=O)C(F)(F)F)c(-c2ccccc2)s1. The molecule has 2 aromatic rings. The number of nitrogens with one attached hydrogen (secondary N) is 1. The van der Waals surface area contributed by atoms with Gasteiger partial charge in [-0.2, -0.15) is 13.2 Å². The number of likely N-dealkylation sites (tertiary alicyclic amines) is 1. The number of piperidine rings is 1. The Morgan fingerprint density at radius 3 is 2.58 bits per heavy atom. The number of carbonyl (C=O) groups excluding carboxylic acids is 2.